The second kappa shape index (κ2) is 8.60. The molecular formula is C13H20BrO3P. The summed E-state index contributed by atoms with van der Waals surface area (Å²) in [5, 5.41) is 0. The van der Waals surface area contributed by atoms with Crippen LogP contribution in [0.15, 0.2) is 12.1 Å². The van der Waals surface area contributed by atoms with Gasteiger partial charge in [0.1, 0.15) is 0 Å². The third-order valence-corrected chi connectivity index (χ3v) is 3.62. The van der Waals surface area contributed by atoms with E-state index < -0.39 is 0 Å². The first-order valence-electron chi connectivity index (χ1n) is 6.15. The number of hydrogen-bond donors (Lipinski definition) is 0. The molecule has 0 aliphatic heterocycles. The molecule has 0 saturated heterocycles. The standard InChI is InChI=1S/C13H20BrO3P/c1-4-15-11-7-10(9-18-14)8-12(16-5-2)13(11)17-6-3/h7-8,18H,4-6,9H2,1-3H3. The Balaban J connectivity index is 3.15. The van der Waals surface area contributed by atoms with Crippen molar-refractivity contribution in [3.8, 4) is 17.2 Å². The lowest BCUT2D eigenvalue weighted by atomic mass is 10.2. The first-order valence-corrected chi connectivity index (χ1v) is 9.61. The number of rotatable bonds is 8. The summed E-state index contributed by atoms with van der Waals surface area (Å²) in [5.74, 6) is 2.25. The molecule has 0 bridgehead atoms. The van der Waals surface area contributed by atoms with Gasteiger partial charge in [-0.25, -0.2) is 0 Å². The first-order chi connectivity index (χ1) is 8.76. The van der Waals surface area contributed by atoms with Crippen molar-refractivity contribution in [1.82, 2.24) is 0 Å². The summed E-state index contributed by atoms with van der Waals surface area (Å²) >= 11 is 3.48. The van der Waals surface area contributed by atoms with Gasteiger partial charge in [0.25, 0.3) is 0 Å². The van der Waals surface area contributed by atoms with Crippen LogP contribution in [0.25, 0.3) is 0 Å². The topological polar surface area (TPSA) is 27.7 Å². The minimum absolute atomic E-state index is 0.597. The van der Waals surface area contributed by atoms with Crippen molar-refractivity contribution in [1.29, 1.82) is 0 Å². The Hall–Kier alpha value is -0.470. The van der Waals surface area contributed by atoms with Gasteiger partial charge in [-0.2, -0.15) is 0 Å². The molecule has 0 aliphatic carbocycles. The predicted octanol–water partition coefficient (Wildman–Crippen LogP) is 4.37. The molecule has 102 valence electrons. The van der Waals surface area contributed by atoms with E-state index in [4.69, 9.17) is 14.2 Å². The molecule has 0 aliphatic rings. The van der Waals surface area contributed by atoms with Crippen LogP contribution in [0.5, 0.6) is 17.2 Å². The van der Waals surface area contributed by atoms with Crippen LogP contribution in [0.4, 0.5) is 0 Å². The Morgan fingerprint density at radius 1 is 0.944 bits per heavy atom. The van der Waals surface area contributed by atoms with E-state index in [1.54, 1.807) is 0 Å². The van der Waals surface area contributed by atoms with Crippen molar-refractivity contribution in [3.05, 3.63) is 17.7 Å². The van der Waals surface area contributed by atoms with Crippen LogP contribution in [0.2, 0.25) is 0 Å². The fourth-order valence-electron chi connectivity index (χ4n) is 1.62. The molecule has 0 aromatic heterocycles. The zero-order valence-corrected chi connectivity index (χ0v) is 13.7. The summed E-state index contributed by atoms with van der Waals surface area (Å²) in [6.07, 6.45) is 0.965. The molecule has 0 spiro atoms. The molecule has 1 aromatic rings. The highest BCUT2D eigenvalue weighted by molar-refractivity contribution is 9.36. The fraction of sp³-hybridized carbons (Fsp3) is 0.538. The molecule has 0 saturated carbocycles. The lowest BCUT2D eigenvalue weighted by Gasteiger charge is -2.16. The molecule has 1 atom stereocenters. The van der Waals surface area contributed by atoms with Gasteiger partial charge < -0.3 is 14.2 Å². The highest BCUT2D eigenvalue weighted by atomic mass is 79.9. The van der Waals surface area contributed by atoms with Crippen LogP contribution >= 0.6 is 22.8 Å². The Morgan fingerprint density at radius 2 is 1.44 bits per heavy atom. The largest absolute Gasteiger partial charge is 0.490 e. The Bertz CT molecular complexity index is 344. The molecule has 1 rings (SSSR count). The summed E-state index contributed by atoms with van der Waals surface area (Å²) in [7, 11) is 0.690. The average molecular weight is 335 g/mol. The lowest BCUT2D eigenvalue weighted by molar-refractivity contribution is 0.260. The van der Waals surface area contributed by atoms with Crippen LogP contribution in [-0.2, 0) is 6.16 Å². The fourth-order valence-corrected chi connectivity index (χ4v) is 2.95. The third-order valence-electron chi connectivity index (χ3n) is 2.24. The van der Waals surface area contributed by atoms with Crippen molar-refractivity contribution >= 4 is 22.8 Å². The predicted molar refractivity (Wildman–Crippen MR) is 80.9 cm³/mol. The molecule has 18 heavy (non-hydrogen) atoms. The number of halogens is 1. The number of ether oxygens (including phenoxy) is 3. The van der Waals surface area contributed by atoms with Gasteiger partial charge in [0, 0.05) is 6.16 Å². The second-order valence-corrected chi connectivity index (χ2v) is 5.83. The zero-order valence-electron chi connectivity index (χ0n) is 11.1. The van der Waals surface area contributed by atoms with E-state index >= 15 is 0 Å². The molecular weight excluding hydrogens is 315 g/mol. The van der Waals surface area contributed by atoms with Crippen LogP contribution in [-0.4, -0.2) is 19.8 Å². The second-order valence-electron chi connectivity index (χ2n) is 3.53. The smallest absolute Gasteiger partial charge is 0.203 e. The SMILES string of the molecule is CCOc1cc(CPBr)cc(OCC)c1OCC. The van der Waals surface area contributed by atoms with Gasteiger partial charge in [0.15, 0.2) is 11.5 Å². The molecule has 1 unspecified atom stereocenters. The van der Waals surface area contributed by atoms with Crippen molar-refractivity contribution < 1.29 is 14.2 Å². The molecule has 3 nitrogen and oxygen atoms in total. The van der Waals surface area contributed by atoms with Gasteiger partial charge in [-0.05, 0) is 45.8 Å². The summed E-state index contributed by atoms with van der Waals surface area (Å²) in [4.78, 5) is 0. The van der Waals surface area contributed by atoms with Gasteiger partial charge >= 0.3 is 0 Å². The average Bonchev–Trinajstić information content (AvgIpc) is 2.34. The van der Waals surface area contributed by atoms with E-state index in [1.807, 2.05) is 32.9 Å². The van der Waals surface area contributed by atoms with Crippen LogP contribution < -0.4 is 14.2 Å². The van der Waals surface area contributed by atoms with E-state index in [9.17, 15) is 0 Å². The maximum Gasteiger partial charge on any atom is 0.203 e. The molecule has 5 heteroatoms. The van der Waals surface area contributed by atoms with E-state index in [0.717, 1.165) is 17.7 Å². The van der Waals surface area contributed by atoms with E-state index in [0.29, 0.717) is 32.9 Å². The third kappa shape index (κ3) is 4.33. The molecule has 0 heterocycles. The summed E-state index contributed by atoms with van der Waals surface area (Å²) in [5.41, 5.74) is 1.19. The maximum atomic E-state index is 5.65. The normalized spacial score (nSPS) is 10.9. The van der Waals surface area contributed by atoms with Crippen molar-refractivity contribution in [3.63, 3.8) is 0 Å². The van der Waals surface area contributed by atoms with E-state index in [1.165, 1.54) is 5.56 Å². The van der Waals surface area contributed by atoms with Crippen molar-refractivity contribution in [2.75, 3.05) is 19.8 Å². The maximum absolute atomic E-state index is 5.65. The van der Waals surface area contributed by atoms with Crippen LogP contribution in [0.3, 0.4) is 0 Å². The van der Waals surface area contributed by atoms with Crippen LogP contribution in [0, 0.1) is 0 Å². The summed E-state index contributed by atoms with van der Waals surface area (Å²) in [6.45, 7) is 7.72. The van der Waals surface area contributed by atoms with Gasteiger partial charge in [0.2, 0.25) is 5.75 Å². The van der Waals surface area contributed by atoms with Crippen molar-refractivity contribution in [2.24, 2.45) is 0 Å². The molecule has 0 fully saturated rings. The summed E-state index contributed by atoms with van der Waals surface area (Å²) < 4.78 is 16.9. The molecule has 0 N–H and O–H groups in total. The van der Waals surface area contributed by atoms with E-state index in [2.05, 4.69) is 15.5 Å². The van der Waals surface area contributed by atoms with E-state index in [-0.39, 0.29) is 0 Å². The van der Waals surface area contributed by atoms with Crippen molar-refractivity contribution in [2.45, 2.75) is 26.9 Å². The molecule has 0 radical (unpaired) electrons. The number of benzene rings is 1. The van der Waals surface area contributed by atoms with Gasteiger partial charge in [-0.1, -0.05) is 15.5 Å². The molecule has 1 aromatic carbocycles. The zero-order chi connectivity index (χ0) is 13.4. The Kier molecular flexibility index (Phi) is 7.45. The first kappa shape index (κ1) is 15.6. The minimum Gasteiger partial charge on any atom is -0.490 e. The van der Waals surface area contributed by atoms with Gasteiger partial charge in [0.05, 0.1) is 19.8 Å². The minimum atomic E-state index is 0.597. The molecule has 0 amide bonds. The highest BCUT2D eigenvalue weighted by Crippen LogP contribution is 2.41. The summed E-state index contributed by atoms with van der Waals surface area (Å²) in [6, 6.07) is 4.07. The van der Waals surface area contributed by atoms with Gasteiger partial charge in [-0.3, -0.25) is 0 Å². The number of hydrogen-bond acceptors (Lipinski definition) is 3. The van der Waals surface area contributed by atoms with Crippen LogP contribution in [0.1, 0.15) is 26.3 Å². The Morgan fingerprint density at radius 3 is 1.83 bits per heavy atom. The highest BCUT2D eigenvalue weighted by Gasteiger charge is 2.14. The monoisotopic (exact) mass is 334 g/mol. The quantitative estimate of drug-likeness (QED) is 0.660. The lowest BCUT2D eigenvalue weighted by Crippen LogP contribution is -2.03. The van der Waals surface area contributed by atoms with Gasteiger partial charge in [-0.15, -0.1) is 0 Å². The Labute approximate surface area is 119 Å².